The van der Waals surface area contributed by atoms with Gasteiger partial charge in [0.1, 0.15) is 11.6 Å². The van der Waals surface area contributed by atoms with E-state index in [4.69, 9.17) is 4.42 Å². The van der Waals surface area contributed by atoms with Gasteiger partial charge in [-0.15, -0.1) is 0 Å². The van der Waals surface area contributed by atoms with Crippen LogP contribution in [0, 0.1) is 6.92 Å². The minimum absolute atomic E-state index is 0.666. The quantitative estimate of drug-likeness (QED) is 0.878. The average molecular weight is 246 g/mol. The maximum atomic E-state index is 5.33. The zero-order valence-electron chi connectivity index (χ0n) is 11.0. The summed E-state index contributed by atoms with van der Waals surface area (Å²) in [4.78, 5) is 10.8. The number of hydrogen-bond donors (Lipinski definition) is 1. The smallest absolute Gasteiger partial charge is 0.224 e. The van der Waals surface area contributed by atoms with E-state index in [1.165, 1.54) is 0 Å². The Morgan fingerprint density at radius 2 is 2.22 bits per heavy atom. The SMILES string of the molecule is CCNc1nc(C)cc(N(C)Cc2ccco2)n1. The van der Waals surface area contributed by atoms with Crippen molar-refractivity contribution in [1.29, 1.82) is 0 Å². The molecule has 0 saturated carbocycles. The predicted molar refractivity (Wildman–Crippen MR) is 71.7 cm³/mol. The van der Waals surface area contributed by atoms with Crippen molar-refractivity contribution in [3.63, 3.8) is 0 Å². The molecular formula is C13H18N4O. The molecule has 0 radical (unpaired) electrons. The van der Waals surface area contributed by atoms with Crippen LogP contribution in [0.4, 0.5) is 11.8 Å². The first kappa shape index (κ1) is 12.4. The van der Waals surface area contributed by atoms with E-state index in [0.29, 0.717) is 12.5 Å². The molecule has 2 aromatic rings. The molecule has 0 atom stereocenters. The van der Waals surface area contributed by atoms with Crippen LogP contribution in [0.25, 0.3) is 0 Å². The molecule has 2 aromatic heterocycles. The average Bonchev–Trinajstić information content (AvgIpc) is 2.81. The minimum atomic E-state index is 0.666. The molecule has 0 aliphatic carbocycles. The number of aromatic nitrogens is 2. The third kappa shape index (κ3) is 3.00. The number of furan rings is 1. The van der Waals surface area contributed by atoms with Gasteiger partial charge in [-0.25, -0.2) is 4.98 Å². The molecule has 0 aliphatic heterocycles. The van der Waals surface area contributed by atoms with E-state index in [1.807, 2.05) is 44.0 Å². The highest BCUT2D eigenvalue weighted by atomic mass is 16.3. The van der Waals surface area contributed by atoms with Gasteiger partial charge < -0.3 is 14.6 Å². The Bertz CT molecular complexity index is 496. The number of anilines is 2. The van der Waals surface area contributed by atoms with Gasteiger partial charge in [-0.2, -0.15) is 4.98 Å². The van der Waals surface area contributed by atoms with Crippen molar-refractivity contribution in [1.82, 2.24) is 9.97 Å². The Hall–Kier alpha value is -2.04. The van der Waals surface area contributed by atoms with E-state index in [9.17, 15) is 0 Å². The Kier molecular flexibility index (Phi) is 3.82. The van der Waals surface area contributed by atoms with E-state index >= 15 is 0 Å². The Labute approximate surface area is 107 Å². The topological polar surface area (TPSA) is 54.2 Å². The molecule has 0 aromatic carbocycles. The highest BCUT2D eigenvalue weighted by Crippen LogP contribution is 2.16. The zero-order chi connectivity index (χ0) is 13.0. The van der Waals surface area contributed by atoms with Crippen molar-refractivity contribution in [2.75, 3.05) is 23.8 Å². The van der Waals surface area contributed by atoms with Gasteiger partial charge in [-0.05, 0) is 26.0 Å². The molecule has 0 unspecified atom stereocenters. The molecule has 1 N–H and O–H groups in total. The molecule has 0 amide bonds. The van der Waals surface area contributed by atoms with Gasteiger partial charge >= 0.3 is 0 Å². The fourth-order valence-electron chi connectivity index (χ4n) is 1.70. The summed E-state index contributed by atoms with van der Waals surface area (Å²) < 4.78 is 5.33. The van der Waals surface area contributed by atoms with Gasteiger partial charge in [0.05, 0.1) is 12.8 Å². The molecular weight excluding hydrogens is 228 g/mol. The summed E-state index contributed by atoms with van der Waals surface area (Å²) in [5.41, 5.74) is 0.947. The van der Waals surface area contributed by atoms with Crippen molar-refractivity contribution >= 4 is 11.8 Å². The van der Waals surface area contributed by atoms with Gasteiger partial charge in [0.25, 0.3) is 0 Å². The standard InChI is InChI=1S/C13H18N4O/c1-4-14-13-15-10(2)8-12(16-13)17(3)9-11-6-5-7-18-11/h5-8H,4,9H2,1-3H3,(H,14,15,16). The third-order valence-corrected chi connectivity index (χ3v) is 2.54. The highest BCUT2D eigenvalue weighted by Gasteiger charge is 2.08. The zero-order valence-corrected chi connectivity index (χ0v) is 11.0. The van der Waals surface area contributed by atoms with Crippen LogP contribution in [-0.4, -0.2) is 23.6 Å². The van der Waals surface area contributed by atoms with Crippen molar-refractivity contribution < 1.29 is 4.42 Å². The second-order valence-electron chi connectivity index (χ2n) is 4.16. The maximum absolute atomic E-state index is 5.33. The number of nitrogens with one attached hydrogen (secondary N) is 1. The maximum Gasteiger partial charge on any atom is 0.224 e. The van der Waals surface area contributed by atoms with Gasteiger partial charge in [-0.3, -0.25) is 0 Å². The number of aryl methyl sites for hydroxylation is 1. The largest absolute Gasteiger partial charge is 0.467 e. The summed E-state index contributed by atoms with van der Waals surface area (Å²) in [5.74, 6) is 2.47. The van der Waals surface area contributed by atoms with Crippen molar-refractivity contribution in [2.45, 2.75) is 20.4 Å². The van der Waals surface area contributed by atoms with Gasteiger partial charge in [0.15, 0.2) is 0 Å². The number of nitrogens with zero attached hydrogens (tertiary/aromatic N) is 3. The predicted octanol–water partition coefficient (Wildman–Crippen LogP) is 2.45. The molecule has 5 heteroatoms. The summed E-state index contributed by atoms with van der Waals surface area (Å²) in [6.45, 7) is 5.49. The van der Waals surface area contributed by atoms with Crippen LogP contribution >= 0.6 is 0 Å². The first-order valence-electron chi connectivity index (χ1n) is 6.02. The van der Waals surface area contributed by atoms with E-state index < -0.39 is 0 Å². The molecule has 2 rings (SSSR count). The van der Waals surface area contributed by atoms with Gasteiger partial charge in [-0.1, -0.05) is 0 Å². The van der Waals surface area contributed by atoms with Gasteiger partial charge in [0, 0.05) is 25.4 Å². The Balaban J connectivity index is 2.16. The van der Waals surface area contributed by atoms with E-state index in [2.05, 4.69) is 15.3 Å². The van der Waals surface area contributed by atoms with Crippen LogP contribution in [0.1, 0.15) is 18.4 Å². The Morgan fingerprint density at radius 3 is 2.89 bits per heavy atom. The summed E-state index contributed by atoms with van der Waals surface area (Å²) in [5, 5.41) is 3.13. The molecule has 0 fully saturated rings. The fraction of sp³-hybridized carbons (Fsp3) is 0.385. The highest BCUT2D eigenvalue weighted by molar-refractivity contribution is 5.44. The summed E-state index contributed by atoms with van der Waals surface area (Å²) in [7, 11) is 1.99. The lowest BCUT2D eigenvalue weighted by molar-refractivity contribution is 0.507. The first-order chi connectivity index (χ1) is 8.69. The van der Waals surface area contributed by atoms with Crippen LogP contribution in [0.5, 0.6) is 0 Å². The monoisotopic (exact) mass is 246 g/mol. The fourth-order valence-corrected chi connectivity index (χ4v) is 1.70. The van der Waals surface area contributed by atoms with E-state index in [-0.39, 0.29) is 0 Å². The number of hydrogen-bond acceptors (Lipinski definition) is 5. The Morgan fingerprint density at radius 1 is 1.39 bits per heavy atom. The molecule has 96 valence electrons. The second kappa shape index (κ2) is 5.53. The molecule has 2 heterocycles. The van der Waals surface area contributed by atoms with Crippen molar-refractivity contribution in [3.8, 4) is 0 Å². The lowest BCUT2D eigenvalue weighted by Gasteiger charge is -2.18. The van der Waals surface area contributed by atoms with Crippen LogP contribution < -0.4 is 10.2 Å². The molecule has 0 bridgehead atoms. The van der Waals surface area contributed by atoms with Crippen LogP contribution in [0.2, 0.25) is 0 Å². The summed E-state index contributed by atoms with van der Waals surface area (Å²) in [6, 6.07) is 5.80. The van der Waals surface area contributed by atoms with E-state index in [1.54, 1.807) is 6.26 Å². The third-order valence-electron chi connectivity index (χ3n) is 2.54. The van der Waals surface area contributed by atoms with Crippen LogP contribution in [-0.2, 0) is 6.54 Å². The number of rotatable bonds is 5. The normalized spacial score (nSPS) is 10.4. The molecule has 18 heavy (non-hydrogen) atoms. The lowest BCUT2D eigenvalue weighted by atomic mass is 10.3. The lowest BCUT2D eigenvalue weighted by Crippen LogP contribution is -2.18. The minimum Gasteiger partial charge on any atom is -0.467 e. The van der Waals surface area contributed by atoms with Crippen molar-refractivity contribution in [3.05, 3.63) is 35.9 Å². The molecule has 0 aliphatic rings. The van der Waals surface area contributed by atoms with E-state index in [0.717, 1.165) is 23.8 Å². The van der Waals surface area contributed by atoms with Crippen LogP contribution in [0.3, 0.4) is 0 Å². The summed E-state index contributed by atoms with van der Waals surface area (Å²) in [6.07, 6.45) is 1.68. The van der Waals surface area contributed by atoms with Gasteiger partial charge in [0.2, 0.25) is 5.95 Å². The molecule has 0 spiro atoms. The summed E-state index contributed by atoms with van der Waals surface area (Å²) >= 11 is 0. The van der Waals surface area contributed by atoms with Crippen LogP contribution in [0.15, 0.2) is 28.9 Å². The van der Waals surface area contributed by atoms with Crippen molar-refractivity contribution in [2.24, 2.45) is 0 Å². The molecule has 0 saturated heterocycles. The molecule has 5 nitrogen and oxygen atoms in total. The first-order valence-corrected chi connectivity index (χ1v) is 6.02. The second-order valence-corrected chi connectivity index (χ2v) is 4.16.